The predicted molar refractivity (Wildman–Crippen MR) is 61.0 cm³/mol. The minimum absolute atomic E-state index is 0.377. The molecule has 0 saturated carbocycles. The molecule has 1 unspecified atom stereocenters. The molecule has 1 fully saturated rings. The maximum absolute atomic E-state index is 8.87. The summed E-state index contributed by atoms with van der Waals surface area (Å²) in [6.07, 6.45) is 5.35. The second-order valence-electron chi connectivity index (χ2n) is 3.86. The van der Waals surface area contributed by atoms with Crippen molar-refractivity contribution < 1.29 is 4.74 Å². The maximum atomic E-state index is 8.87. The number of aromatic nitrogens is 1. The van der Waals surface area contributed by atoms with Gasteiger partial charge in [-0.3, -0.25) is 0 Å². The Morgan fingerprint density at radius 3 is 3.31 bits per heavy atom. The zero-order chi connectivity index (χ0) is 11.2. The first kappa shape index (κ1) is 10.9. The number of nitrogens with zero attached hydrogens (tertiary/aromatic N) is 2. The number of rotatable bonds is 4. The van der Waals surface area contributed by atoms with E-state index in [1.54, 1.807) is 18.3 Å². The van der Waals surface area contributed by atoms with Crippen LogP contribution in [0, 0.1) is 11.3 Å². The molecule has 1 N–H and O–H groups in total. The summed E-state index contributed by atoms with van der Waals surface area (Å²) in [6, 6.07) is 5.65. The number of nitriles is 1. The van der Waals surface area contributed by atoms with Gasteiger partial charge in [0.15, 0.2) is 0 Å². The molecule has 1 atom stereocenters. The molecule has 0 bridgehead atoms. The molecule has 1 aromatic rings. The average Bonchev–Trinajstić information content (AvgIpc) is 2.83. The van der Waals surface area contributed by atoms with Crippen LogP contribution in [0.25, 0.3) is 0 Å². The van der Waals surface area contributed by atoms with Gasteiger partial charge in [-0.15, -0.1) is 0 Å². The molecule has 0 spiro atoms. The molecular weight excluding hydrogens is 202 g/mol. The molecule has 2 rings (SSSR count). The lowest BCUT2D eigenvalue weighted by molar-refractivity contribution is 0.107. The van der Waals surface area contributed by atoms with Gasteiger partial charge >= 0.3 is 0 Å². The number of nitrogens with one attached hydrogen (secondary N) is 1. The van der Waals surface area contributed by atoms with Crippen LogP contribution in [-0.2, 0) is 4.74 Å². The highest BCUT2D eigenvalue weighted by Crippen LogP contribution is 2.16. The van der Waals surface area contributed by atoms with Gasteiger partial charge in [0.1, 0.15) is 11.9 Å². The summed E-state index contributed by atoms with van der Waals surface area (Å²) in [7, 11) is 0. The maximum Gasteiger partial charge on any atom is 0.143 e. The molecule has 4 heteroatoms. The van der Waals surface area contributed by atoms with Gasteiger partial charge in [-0.05, 0) is 31.4 Å². The fraction of sp³-hybridized carbons (Fsp3) is 0.500. The third kappa shape index (κ3) is 2.71. The van der Waals surface area contributed by atoms with Crippen LogP contribution in [0.15, 0.2) is 18.3 Å². The molecule has 1 saturated heterocycles. The Bertz CT molecular complexity index is 380. The summed E-state index contributed by atoms with van der Waals surface area (Å²) in [6.45, 7) is 1.69. The molecule has 0 aromatic carbocycles. The number of ether oxygens (including phenoxy) is 1. The molecule has 1 aliphatic heterocycles. The molecule has 4 nitrogen and oxygen atoms in total. The van der Waals surface area contributed by atoms with Crippen LogP contribution in [0.5, 0.6) is 0 Å². The van der Waals surface area contributed by atoms with E-state index >= 15 is 0 Å². The summed E-state index contributed by atoms with van der Waals surface area (Å²) in [5, 5.41) is 12.1. The van der Waals surface area contributed by atoms with Crippen molar-refractivity contribution in [1.82, 2.24) is 4.98 Å². The Morgan fingerprint density at radius 1 is 1.62 bits per heavy atom. The summed E-state index contributed by atoms with van der Waals surface area (Å²) in [5.41, 5.74) is 0.592. The van der Waals surface area contributed by atoms with E-state index in [2.05, 4.69) is 16.4 Å². The summed E-state index contributed by atoms with van der Waals surface area (Å²) in [4.78, 5) is 4.14. The molecular formula is C12H15N3O. The van der Waals surface area contributed by atoms with Crippen molar-refractivity contribution in [2.24, 2.45) is 0 Å². The second-order valence-corrected chi connectivity index (χ2v) is 3.86. The normalized spacial score (nSPS) is 19.3. The lowest BCUT2D eigenvalue weighted by atomic mass is 10.2. The first-order valence-corrected chi connectivity index (χ1v) is 5.61. The van der Waals surface area contributed by atoms with Gasteiger partial charge in [0, 0.05) is 19.3 Å². The fourth-order valence-electron chi connectivity index (χ4n) is 1.86. The van der Waals surface area contributed by atoms with E-state index in [1.165, 1.54) is 0 Å². The molecule has 2 heterocycles. The number of anilines is 1. The quantitative estimate of drug-likeness (QED) is 0.837. The standard InChI is InChI=1S/C12H15N3O/c13-9-10-3-1-6-14-12(10)15-7-5-11-4-2-8-16-11/h1,3,6,11H,2,4-5,7-8H2,(H,14,15). The van der Waals surface area contributed by atoms with Gasteiger partial charge in [-0.25, -0.2) is 4.98 Å². The Kier molecular flexibility index (Phi) is 3.73. The first-order valence-electron chi connectivity index (χ1n) is 5.61. The van der Waals surface area contributed by atoms with E-state index in [-0.39, 0.29) is 0 Å². The zero-order valence-corrected chi connectivity index (χ0v) is 9.15. The highest BCUT2D eigenvalue weighted by molar-refractivity contribution is 5.50. The molecule has 16 heavy (non-hydrogen) atoms. The minimum Gasteiger partial charge on any atom is -0.378 e. The molecule has 0 amide bonds. The van der Waals surface area contributed by atoms with Crippen molar-refractivity contribution >= 4 is 5.82 Å². The monoisotopic (exact) mass is 217 g/mol. The van der Waals surface area contributed by atoms with Crippen molar-refractivity contribution in [2.45, 2.75) is 25.4 Å². The van der Waals surface area contributed by atoms with Crippen LogP contribution in [-0.4, -0.2) is 24.2 Å². The van der Waals surface area contributed by atoms with Crippen molar-refractivity contribution in [3.05, 3.63) is 23.9 Å². The largest absolute Gasteiger partial charge is 0.378 e. The second kappa shape index (κ2) is 5.47. The third-order valence-corrected chi connectivity index (χ3v) is 2.71. The van der Waals surface area contributed by atoms with E-state index < -0.39 is 0 Å². The van der Waals surface area contributed by atoms with Gasteiger partial charge < -0.3 is 10.1 Å². The highest BCUT2D eigenvalue weighted by atomic mass is 16.5. The van der Waals surface area contributed by atoms with Crippen molar-refractivity contribution in [3.8, 4) is 6.07 Å². The van der Waals surface area contributed by atoms with E-state index in [0.29, 0.717) is 17.5 Å². The van der Waals surface area contributed by atoms with Crippen LogP contribution in [0.1, 0.15) is 24.8 Å². The van der Waals surface area contributed by atoms with Crippen molar-refractivity contribution in [3.63, 3.8) is 0 Å². The lowest BCUT2D eigenvalue weighted by Crippen LogP contribution is -2.13. The Morgan fingerprint density at radius 2 is 2.56 bits per heavy atom. The van der Waals surface area contributed by atoms with E-state index in [4.69, 9.17) is 10.00 Å². The smallest absolute Gasteiger partial charge is 0.143 e. The van der Waals surface area contributed by atoms with Crippen LogP contribution in [0.4, 0.5) is 5.82 Å². The van der Waals surface area contributed by atoms with Crippen LogP contribution in [0.3, 0.4) is 0 Å². The molecule has 1 aromatic heterocycles. The minimum atomic E-state index is 0.377. The van der Waals surface area contributed by atoms with Gasteiger partial charge in [0.2, 0.25) is 0 Å². The SMILES string of the molecule is N#Cc1cccnc1NCCC1CCCO1. The van der Waals surface area contributed by atoms with E-state index in [1.807, 2.05) is 0 Å². The average molecular weight is 217 g/mol. The van der Waals surface area contributed by atoms with Crippen molar-refractivity contribution in [2.75, 3.05) is 18.5 Å². The predicted octanol–water partition coefficient (Wildman–Crippen LogP) is 1.93. The zero-order valence-electron chi connectivity index (χ0n) is 9.15. The van der Waals surface area contributed by atoms with Gasteiger partial charge in [0.05, 0.1) is 11.7 Å². The highest BCUT2D eigenvalue weighted by Gasteiger charge is 2.14. The van der Waals surface area contributed by atoms with Crippen LogP contribution in [0.2, 0.25) is 0 Å². The molecule has 0 radical (unpaired) electrons. The number of pyridine rings is 1. The number of hydrogen-bond donors (Lipinski definition) is 1. The number of hydrogen-bond acceptors (Lipinski definition) is 4. The fourth-order valence-corrected chi connectivity index (χ4v) is 1.86. The van der Waals surface area contributed by atoms with Gasteiger partial charge in [0.25, 0.3) is 0 Å². The van der Waals surface area contributed by atoms with Crippen LogP contribution >= 0.6 is 0 Å². The van der Waals surface area contributed by atoms with Crippen LogP contribution < -0.4 is 5.32 Å². The lowest BCUT2D eigenvalue weighted by Gasteiger charge is -2.10. The van der Waals surface area contributed by atoms with Crippen molar-refractivity contribution in [1.29, 1.82) is 5.26 Å². The Labute approximate surface area is 95.3 Å². The molecule has 1 aliphatic rings. The molecule has 84 valence electrons. The Balaban J connectivity index is 1.82. The van der Waals surface area contributed by atoms with Gasteiger partial charge in [-0.2, -0.15) is 5.26 Å². The summed E-state index contributed by atoms with van der Waals surface area (Å²) < 4.78 is 5.52. The van der Waals surface area contributed by atoms with Gasteiger partial charge in [-0.1, -0.05) is 0 Å². The summed E-state index contributed by atoms with van der Waals surface area (Å²) in [5.74, 6) is 0.669. The first-order chi connectivity index (χ1) is 7.90. The Hall–Kier alpha value is -1.60. The molecule has 0 aliphatic carbocycles. The third-order valence-electron chi connectivity index (χ3n) is 2.71. The summed E-state index contributed by atoms with van der Waals surface area (Å²) >= 11 is 0. The topological polar surface area (TPSA) is 57.9 Å². The van der Waals surface area contributed by atoms with E-state index in [9.17, 15) is 0 Å². The van der Waals surface area contributed by atoms with E-state index in [0.717, 1.165) is 32.4 Å².